The van der Waals surface area contributed by atoms with Crippen molar-refractivity contribution in [3.05, 3.63) is 33.3 Å². The van der Waals surface area contributed by atoms with Crippen LogP contribution in [-0.4, -0.2) is 0 Å². The van der Waals surface area contributed by atoms with Gasteiger partial charge in [-0.2, -0.15) is 0 Å². The SMILES string of the molecule is Cc1cc(Cl)c(Cl)c(CCl)c1. The van der Waals surface area contributed by atoms with Gasteiger partial charge in [-0.1, -0.05) is 29.3 Å². The molecule has 11 heavy (non-hydrogen) atoms. The number of alkyl halides is 1. The van der Waals surface area contributed by atoms with Gasteiger partial charge in [0.1, 0.15) is 0 Å². The van der Waals surface area contributed by atoms with E-state index >= 15 is 0 Å². The number of rotatable bonds is 1. The fraction of sp³-hybridized carbons (Fsp3) is 0.250. The van der Waals surface area contributed by atoms with Crippen molar-refractivity contribution in [1.82, 2.24) is 0 Å². The highest BCUT2D eigenvalue weighted by molar-refractivity contribution is 6.42. The van der Waals surface area contributed by atoms with Crippen molar-refractivity contribution in [2.24, 2.45) is 0 Å². The van der Waals surface area contributed by atoms with Crippen LogP contribution in [-0.2, 0) is 5.88 Å². The van der Waals surface area contributed by atoms with E-state index < -0.39 is 0 Å². The first-order valence-corrected chi connectivity index (χ1v) is 4.44. The first kappa shape index (κ1) is 9.18. The van der Waals surface area contributed by atoms with E-state index in [-0.39, 0.29) is 0 Å². The smallest absolute Gasteiger partial charge is 0.0636 e. The first-order valence-electron chi connectivity index (χ1n) is 3.15. The van der Waals surface area contributed by atoms with Crippen molar-refractivity contribution < 1.29 is 0 Å². The van der Waals surface area contributed by atoms with Crippen molar-refractivity contribution in [1.29, 1.82) is 0 Å². The third kappa shape index (κ3) is 2.02. The Balaban J connectivity index is 3.24. The molecule has 0 fully saturated rings. The Morgan fingerprint density at radius 3 is 2.45 bits per heavy atom. The molecule has 0 saturated carbocycles. The van der Waals surface area contributed by atoms with Crippen molar-refractivity contribution in [3.8, 4) is 0 Å². The molecular weight excluding hydrogens is 202 g/mol. The molecule has 1 aromatic carbocycles. The second-order valence-electron chi connectivity index (χ2n) is 2.35. The summed E-state index contributed by atoms with van der Waals surface area (Å²) in [5.74, 6) is 0.403. The van der Waals surface area contributed by atoms with Gasteiger partial charge in [0.15, 0.2) is 0 Å². The molecule has 0 N–H and O–H groups in total. The molecule has 0 unspecified atom stereocenters. The van der Waals surface area contributed by atoms with E-state index in [0.29, 0.717) is 15.9 Å². The normalized spacial score (nSPS) is 10.2. The molecule has 0 heterocycles. The van der Waals surface area contributed by atoms with Crippen LogP contribution in [0.3, 0.4) is 0 Å². The number of hydrogen-bond donors (Lipinski definition) is 0. The molecular formula is C8H7Cl3. The van der Waals surface area contributed by atoms with Gasteiger partial charge >= 0.3 is 0 Å². The Kier molecular flexibility index (Phi) is 3.06. The molecule has 0 spiro atoms. The number of halogens is 3. The summed E-state index contributed by atoms with van der Waals surface area (Å²) in [6.07, 6.45) is 0. The quantitative estimate of drug-likeness (QED) is 0.613. The second kappa shape index (κ2) is 3.66. The van der Waals surface area contributed by atoms with Gasteiger partial charge in [0.05, 0.1) is 10.0 Å². The third-order valence-corrected chi connectivity index (χ3v) is 2.52. The van der Waals surface area contributed by atoms with E-state index in [4.69, 9.17) is 34.8 Å². The Morgan fingerprint density at radius 1 is 1.27 bits per heavy atom. The van der Waals surface area contributed by atoms with E-state index in [1.807, 2.05) is 19.1 Å². The van der Waals surface area contributed by atoms with Gasteiger partial charge in [0, 0.05) is 5.88 Å². The first-order chi connectivity index (χ1) is 5.15. The van der Waals surface area contributed by atoms with E-state index in [2.05, 4.69) is 0 Å². The summed E-state index contributed by atoms with van der Waals surface area (Å²) >= 11 is 17.3. The average Bonchev–Trinajstić information content (AvgIpc) is 1.96. The van der Waals surface area contributed by atoms with Crippen LogP contribution in [0.2, 0.25) is 10.0 Å². The van der Waals surface area contributed by atoms with Gasteiger partial charge in [0.25, 0.3) is 0 Å². The topological polar surface area (TPSA) is 0 Å². The van der Waals surface area contributed by atoms with E-state index in [0.717, 1.165) is 11.1 Å². The molecule has 0 amide bonds. The maximum absolute atomic E-state index is 5.85. The molecule has 0 aliphatic carbocycles. The molecule has 1 aromatic rings. The Labute approximate surface area is 81.1 Å². The zero-order valence-corrected chi connectivity index (χ0v) is 8.26. The Hall–Kier alpha value is 0.0900. The largest absolute Gasteiger partial charge is 0.121 e. The molecule has 0 saturated heterocycles. The van der Waals surface area contributed by atoms with E-state index in [9.17, 15) is 0 Å². The third-order valence-electron chi connectivity index (χ3n) is 1.39. The lowest BCUT2D eigenvalue weighted by Gasteiger charge is -2.03. The van der Waals surface area contributed by atoms with Crippen molar-refractivity contribution in [2.75, 3.05) is 0 Å². The summed E-state index contributed by atoms with van der Waals surface area (Å²) in [7, 11) is 0. The molecule has 0 aliphatic heterocycles. The van der Waals surface area contributed by atoms with E-state index in [1.165, 1.54) is 0 Å². The number of aryl methyl sites for hydroxylation is 1. The average molecular weight is 210 g/mol. The highest BCUT2D eigenvalue weighted by atomic mass is 35.5. The lowest BCUT2D eigenvalue weighted by atomic mass is 10.2. The van der Waals surface area contributed by atoms with Gasteiger partial charge < -0.3 is 0 Å². The maximum atomic E-state index is 5.85. The van der Waals surface area contributed by atoms with Crippen LogP contribution < -0.4 is 0 Å². The minimum Gasteiger partial charge on any atom is -0.121 e. The van der Waals surface area contributed by atoms with Crippen LogP contribution in [0.15, 0.2) is 12.1 Å². The fourth-order valence-electron chi connectivity index (χ4n) is 0.894. The van der Waals surface area contributed by atoms with Crippen molar-refractivity contribution >= 4 is 34.8 Å². The molecule has 60 valence electrons. The Bertz CT molecular complexity index is 268. The van der Waals surface area contributed by atoms with Crippen LogP contribution in [0.4, 0.5) is 0 Å². The number of hydrogen-bond acceptors (Lipinski definition) is 0. The molecule has 1 rings (SSSR count). The molecule has 0 atom stereocenters. The fourth-order valence-corrected chi connectivity index (χ4v) is 1.64. The molecule has 0 nitrogen and oxygen atoms in total. The predicted molar refractivity (Wildman–Crippen MR) is 50.8 cm³/mol. The highest BCUT2D eigenvalue weighted by Crippen LogP contribution is 2.28. The van der Waals surface area contributed by atoms with Crippen LogP contribution in [0, 0.1) is 6.92 Å². The zero-order chi connectivity index (χ0) is 8.43. The Morgan fingerprint density at radius 2 is 1.91 bits per heavy atom. The summed E-state index contributed by atoms with van der Waals surface area (Å²) in [6.45, 7) is 1.96. The van der Waals surface area contributed by atoms with Gasteiger partial charge in [-0.05, 0) is 24.1 Å². The second-order valence-corrected chi connectivity index (χ2v) is 3.41. The minimum absolute atomic E-state index is 0.403. The monoisotopic (exact) mass is 208 g/mol. The summed E-state index contributed by atoms with van der Waals surface area (Å²) in [5, 5.41) is 1.13. The lowest BCUT2D eigenvalue weighted by molar-refractivity contribution is 1.35. The summed E-state index contributed by atoms with van der Waals surface area (Å²) in [6, 6.07) is 3.75. The van der Waals surface area contributed by atoms with Gasteiger partial charge in [-0.25, -0.2) is 0 Å². The van der Waals surface area contributed by atoms with Crippen LogP contribution in [0.1, 0.15) is 11.1 Å². The van der Waals surface area contributed by atoms with Gasteiger partial charge in [0.2, 0.25) is 0 Å². The van der Waals surface area contributed by atoms with Crippen molar-refractivity contribution in [2.45, 2.75) is 12.8 Å². The van der Waals surface area contributed by atoms with Crippen LogP contribution >= 0.6 is 34.8 Å². The molecule has 0 aromatic heterocycles. The minimum atomic E-state index is 0.403. The number of benzene rings is 1. The molecule has 0 bridgehead atoms. The van der Waals surface area contributed by atoms with Crippen LogP contribution in [0.5, 0.6) is 0 Å². The van der Waals surface area contributed by atoms with Gasteiger partial charge in [-0.3, -0.25) is 0 Å². The molecule has 3 heteroatoms. The molecule has 0 aliphatic rings. The maximum Gasteiger partial charge on any atom is 0.0636 e. The predicted octanol–water partition coefficient (Wildman–Crippen LogP) is 4.04. The van der Waals surface area contributed by atoms with E-state index in [1.54, 1.807) is 0 Å². The summed E-state index contributed by atoms with van der Waals surface area (Å²) in [4.78, 5) is 0. The van der Waals surface area contributed by atoms with Crippen LogP contribution in [0.25, 0.3) is 0 Å². The van der Waals surface area contributed by atoms with Crippen molar-refractivity contribution in [3.63, 3.8) is 0 Å². The zero-order valence-electron chi connectivity index (χ0n) is 6.00. The highest BCUT2D eigenvalue weighted by Gasteiger charge is 2.03. The lowest BCUT2D eigenvalue weighted by Crippen LogP contribution is -1.83. The summed E-state index contributed by atoms with van der Waals surface area (Å²) < 4.78 is 0. The standard InChI is InChI=1S/C8H7Cl3/c1-5-2-6(4-9)8(11)7(10)3-5/h2-3H,4H2,1H3. The summed E-state index contributed by atoms with van der Waals surface area (Å²) in [5.41, 5.74) is 1.97. The molecule has 0 radical (unpaired) electrons. The van der Waals surface area contributed by atoms with Gasteiger partial charge in [-0.15, -0.1) is 11.6 Å².